The summed E-state index contributed by atoms with van der Waals surface area (Å²) in [5.41, 5.74) is 2.19. The Morgan fingerprint density at radius 1 is 1.17 bits per heavy atom. The van der Waals surface area contributed by atoms with Gasteiger partial charge in [-0.05, 0) is 30.2 Å². The topological polar surface area (TPSA) is 105 Å². The fourth-order valence-corrected chi connectivity index (χ4v) is 3.07. The molecule has 0 spiro atoms. The molecular weight excluding hydrogens is 388 g/mol. The minimum atomic E-state index is -0.588. The maximum absolute atomic E-state index is 12.5. The largest absolute Gasteiger partial charge is 0.486 e. The molecule has 2 aromatic rings. The number of anilines is 1. The van der Waals surface area contributed by atoms with Crippen LogP contribution in [0.4, 0.5) is 5.69 Å². The summed E-state index contributed by atoms with van der Waals surface area (Å²) in [7, 11) is 1.27. The van der Waals surface area contributed by atoms with Gasteiger partial charge in [-0.2, -0.15) is 0 Å². The lowest BCUT2D eigenvalue weighted by atomic mass is 10.1. The molecule has 0 fully saturated rings. The third-order valence-electron chi connectivity index (χ3n) is 4.47. The molecule has 1 heterocycles. The van der Waals surface area contributed by atoms with E-state index in [2.05, 4.69) is 5.32 Å². The third kappa shape index (κ3) is 4.49. The summed E-state index contributed by atoms with van der Waals surface area (Å²) in [6.45, 7) is 1.54. The minimum absolute atomic E-state index is 0.0272. The van der Waals surface area contributed by atoms with Crippen LogP contribution in [0.3, 0.4) is 0 Å². The summed E-state index contributed by atoms with van der Waals surface area (Å²) in [6, 6.07) is 12.7. The van der Waals surface area contributed by atoms with Gasteiger partial charge in [0, 0.05) is 6.08 Å². The summed E-state index contributed by atoms with van der Waals surface area (Å²) in [4.78, 5) is 37.8. The molecule has 0 saturated heterocycles. The molecule has 0 saturated carbocycles. The number of benzene rings is 2. The van der Waals surface area contributed by atoms with Gasteiger partial charge in [0.05, 0.1) is 25.9 Å². The number of ether oxygens (including phenoxy) is 2. The molecule has 0 atom stereocenters. The van der Waals surface area contributed by atoms with Gasteiger partial charge in [-0.15, -0.1) is 0 Å². The van der Waals surface area contributed by atoms with Crippen LogP contribution in [0, 0.1) is 6.92 Å². The summed E-state index contributed by atoms with van der Waals surface area (Å²) < 4.78 is 10.8. The molecular formula is C22H22N2O6. The van der Waals surface area contributed by atoms with E-state index >= 15 is 0 Å². The Morgan fingerprint density at radius 2 is 1.90 bits per heavy atom. The van der Waals surface area contributed by atoms with Crippen molar-refractivity contribution in [3.63, 3.8) is 0 Å². The molecule has 2 N–H and O–H groups in total. The maximum Gasteiger partial charge on any atom is 0.341 e. The van der Waals surface area contributed by atoms with Crippen molar-refractivity contribution >= 4 is 23.5 Å². The van der Waals surface area contributed by atoms with E-state index in [1.807, 2.05) is 30.3 Å². The van der Waals surface area contributed by atoms with Crippen LogP contribution in [0.1, 0.15) is 21.5 Å². The smallest absolute Gasteiger partial charge is 0.341 e. The van der Waals surface area contributed by atoms with Crippen LogP contribution in [0.25, 0.3) is 0 Å². The van der Waals surface area contributed by atoms with Crippen molar-refractivity contribution in [3.05, 3.63) is 70.9 Å². The normalized spacial score (nSPS) is 13.3. The third-order valence-corrected chi connectivity index (χ3v) is 4.47. The zero-order chi connectivity index (χ0) is 21.7. The quantitative estimate of drug-likeness (QED) is 0.507. The minimum Gasteiger partial charge on any atom is -0.486 e. The lowest BCUT2D eigenvalue weighted by Crippen LogP contribution is -2.34. The van der Waals surface area contributed by atoms with Gasteiger partial charge in [0.25, 0.3) is 11.8 Å². The standard InChI is InChI=1S/C22H22N2O6/c1-14-10-16(22(28)29-2)20(30-13-15-6-4-3-5-7-15)17(11-14)23-18-12-19(26)24(8-9-25)21(18)27/h3-7,10-12,23,25H,8-9,13H2,1-2H3. The first-order chi connectivity index (χ1) is 14.4. The van der Waals surface area contributed by atoms with E-state index in [0.29, 0.717) is 5.69 Å². The van der Waals surface area contributed by atoms with Gasteiger partial charge in [0.1, 0.15) is 17.9 Å². The van der Waals surface area contributed by atoms with E-state index < -0.39 is 17.8 Å². The number of imide groups is 1. The van der Waals surface area contributed by atoms with Gasteiger partial charge in [-0.3, -0.25) is 14.5 Å². The number of rotatable bonds is 8. The Bertz CT molecular complexity index is 1000. The van der Waals surface area contributed by atoms with Crippen LogP contribution in [0.5, 0.6) is 5.75 Å². The van der Waals surface area contributed by atoms with E-state index in [1.54, 1.807) is 19.1 Å². The molecule has 1 aliphatic rings. The highest BCUT2D eigenvalue weighted by Gasteiger charge is 2.31. The second-order valence-electron chi connectivity index (χ2n) is 6.66. The van der Waals surface area contributed by atoms with Crippen LogP contribution in [0.15, 0.2) is 54.2 Å². The number of amides is 2. The Morgan fingerprint density at radius 3 is 2.57 bits per heavy atom. The number of aryl methyl sites for hydroxylation is 1. The fraction of sp³-hybridized carbons (Fsp3) is 0.227. The number of carbonyl (C=O) groups is 3. The number of methoxy groups -OCH3 is 1. The van der Waals surface area contributed by atoms with Gasteiger partial charge in [-0.1, -0.05) is 30.3 Å². The molecule has 8 nitrogen and oxygen atoms in total. The number of nitrogens with zero attached hydrogens (tertiary/aromatic N) is 1. The van der Waals surface area contributed by atoms with Crippen LogP contribution in [-0.4, -0.2) is 48.1 Å². The highest BCUT2D eigenvalue weighted by Crippen LogP contribution is 2.34. The Kier molecular flexibility index (Phi) is 6.48. The Balaban J connectivity index is 1.95. The van der Waals surface area contributed by atoms with Crippen molar-refractivity contribution in [3.8, 4) is 5.75 Å². The zero-order valence-electron chi connectivity index (χ0n) is 16.7. The molecule has 0 bridgehead atoms. The molecule has 8 heteroatoms. The molecule has 0 aliphatic carbocycles. The predicted octanol–water partition coefficient (Wildman–Crippen LogP) is 2.02. The highest BCUT2D eigenvalue weighted by atomic mass is 16.5. The highest BCUT2D eigenvalue weighted by molar-refractivity contribution is 6.17. The molecule has 3 rings (SSSR count). The van der Waals surface area contributed by atoms with Crippen molar-refractivity contribution in [1.29, 1.82) is 0 Å². The lowest BCUT2D eigenvalue weighted by molar-refractivity contribution is -0.137. The Hall–Kier alpha value is -3.65. The number of β-amino-alcohol motifs (C(OH)–C–C–N with tert-alkyl or cyclic N) is 1. The Labute approximate surface area is 173 Å². The van der Waals surface area contributed by atoms with E-state index in [1.165, 1.54) is 7.11 Å². The van der Waals surface area contributed by atoms with Crippen molar-refractivity contribution in [1.82, 2.24) is 4.90 Å². The molecule has 30 heavy (non-hydrogen) atoms. The molecule has 0 radical (unpaired) electrons. The van der Waals surface area contributed by atoms with Crippen molar-refractivity contribution in [2.45, 2.75) is 13.5 Å². The zero-order valence-corrected chi connectivity index (χ0v) is 16.7. The van der Waals surface area contributed by atoms with Crippen molar-refractivity contribution in [2.75, 3.05) is 25.6 Å². The number of aliphatic hydroxyl groups is 1. The summed E-state index contributed by atoms with van der Waals surface area (Å²) >= 11 is 0. The second kappa shape index (κ2) is 9.23. The molecule has 156 valence electrons. The summed E-state index contributed by atoms with van der Waals surface area (Å²) in [5.74, 6) is -1.47. The number of aliphatic hydroxyl groups excluding tert-OH is 1. The second-order valence-corrected chi connectivity index (χ2v) is 6.66. The lowest BCUT2D eigenvalue weighted by Gasteiger charge is -2.18. The number of nitrogens with one attached hydrogen (secondary N) is 1. The monoisotopic (exact) mass is 410 g/mol. The number of esters is 1. The molecule has 1 aliphatic heterocycles. The van der Waals surface area contributed by atoms with Crippen LogP contribution >= 0.6 is 0 Å². The average Bonchev–Trinajstić information content (AvgIpc) is 3.00. The first-order valence-corrected chi connectivity index (χ1v) is 9.29. The van der Waals surface area contributed by atoms with Crippen LogP contribution in [-0.2, 0) is 20.9 Å². The average molecular weight is 410 g/mol. The number of carbonyl (C=O) groups excluding carboxylic acids is 3. The van der Waals surface area contributed by atoms with E-state index in [4.69, 9.17) is 14.6 Å². The van der Waals surface area contributed by atoms with E-state index in [-0.39, 0.29) is 36.8 Å². The fourth-order valence-electron chi connectivity index (χ4n) is 3.07. The first-order valence-electron chi connectivity index (χ1n) is 9.29. The van der Waals surface area contributed by atoms with Crippen molar-refractivity contribution < 1.29 is 29.0 Å². The van der Waals surface area contributed by atoms with Gasteiger partial charge < -0.3 is 19.9 Å². The van der Waals surface area contributed by atoms with Gasteiger partial charge >= 0.3 is 5.97 Å². The molecule has 0 unspecified atom stereocenters. The van der Waals surface area contributed by atoms with Crippen LogP contribution in [0.2, 0.25) is 0 Å². The van der Waals surface area contributed by atoms with Gasteiger partial charge in [-0.25, -0.2) is 4.79 Å². The van der Waals surface area contributed by atoms with Crippen LogP contribution < -0.4 is 10.1 Å². The predicted molar refractivity (Wildman–Crippen MR) is 109 cm³/mol. The van der Waals surface area contributed by atoms with Gasteiger partial charge in [0.15, 0.2) is 5.75 Å². The van der Waals surface area contributed by atoms with E-state index in [0.717, 1.165) is 22.1 Å². The SMILES string of the molecule is COC(=O)c1cc(C)cc(NC2=CC(=O)N(CCO)C2=O)c1OCc1ccccc1. The summed E-state index contributed by atoms with van der Waals surface area (Å²) in [6.07, 6.45) is 1.15. The van der Waals surface area contributed by atoms with Gasteiger partial charge in [0.2, 0.25) is 0 Å². The summed E-state index contributed by atoms with van der Waals surface area (Å²) in [5, 5.41) is 12.0. The van der Waals surface area contributed by atoms with E-state index in [9.17, 15) is 14.4 Å². The number of hydrogen-bond acceptors (Lipinski definition) is 7. The molecule has 2 amide bonds. The molecule has 2 aromatic carbocycles. The first kappa shape index (κ1) is 21.1. The maximum atomic E-state index is 12.5. The van der Waals surface area contributed by atoms with Crippen molar-refractivity contribution in [2.24, 2.45) is 0 Å². The molecule has 0 aromatic heterocycles. The number of hydrogen-bond donors (Lipinski definition) is 2.